The number of sulfonamides is 1. The summed E-state index contributed by atoms with van der Waals surface area (Å²) in [4.78, 5) is 11.6. The molecule has 5 nitrogen and oxygen atoms in total. The van der Waals surface area contributed by atoms with Crippen LogP contribution in [0.2, 0.25) is 0 Å². The highest BCUT2D eigenvalue weighted by Gasteiger charge is 2.17. The van der Waals surface area contributed by atoms with Gasteiger partial charge in [-0.25, -0.2) is 17.9 Å². The lowest BCUT2D eigenvalue weighted by Gasteiger charge is -2.21. The van der Waals surface area contributed by atoms with Crippen LogP contribution < -0.4 is 10.5 Å². The molecule has 116 valence electrons. The summed E-state index contributed by atoms with van der Waals surface area (Å²) >= 11 is 0. The summed E-state index contributed by atoms with van der Waals surface area (Å²) in [5.41, 5.74) is -0.0326. The minimum absolute atomic E-state index is 0.0326. The molecule has 0 bridgehead atoms. The van der Waals surface area contributed by atoms with Crippen LogP contribution >= 0.6 is 0 Å². The Kier molecular flexibility index (Phi) is 4.95. The maximum atomic E-state index is 13.4. The molecule has 0 atom stereocenters. The lowest BCUT2D eigenvalue weighted by atomic mass is 9.89. The van der Waals surface area contributed by atoms with Crippen molar-refractivity contribution in [3.8, 4) is 0 Å². The van der Waals surface area contributed by atoms with Gasteiger partial charge >= 0.3 is 0 Å². The SMILES string of the molecule is NS(=O)(=O)c1cc(F)cc(C(=O)NCC2CCCCC2)c1. The standard InChI is InChI=1S/C14H19FN2O3S/c15-12-6-11(7-13(8-12)21(16,19)20)14(18)17-9-10-4-2-1-3-5-10/h6-8,10H,1-5,9H2,(H,17,18)(H2,16,19,20). The molecule has 1 aromatic carbocycles. The molecule has 0 unspecified atom stereocenters. The Morgan fingerprint density at radius 1 is 1.24 bits per heavy atom. The molecule has 21 heavy (non-hydrogen) atoms. The molecule has 0 radical (unpaired) electrons. The molecule has 3 N–H and O–H groups in total. The molecule has 1 amide bonds. The summed E-state index contributed by atoms with van der Waals surface area (Å²) in [5.74, 6) is -0.844. The first-order valence-electron chi connectivity index (χ1n) is 6.98. The summed E-state index contributed by atoms with van der Waals surface area (Å²) in [6, 6.07) is 2.90. The largest absolute Gasteiger partial charge is 0.352 e. The normalized spacial score (nSPS) is 16.7. The fourth-order valence-corrected chi connectivity index (χ4v) is 3.16. The zero-order valence-corrected chi connectivity index (χ0v) is 12.5. The number of nitrogens with two attached hydrogens (primary N) is 1. The first-order chi connectivity index (χ1) is 9.86. The summed E-state index contributed by atoms with van der Waals surface area (Å²) in [6.45, 7) is 0.528. The van der Waals surface area contributed by atoms with Gasteiger partial charge in [0.15, 0.2) is 0 Å². The van der Waals surface area contributed by atoms with Crippen molar-refractivity contribution in [3.63, 3.8) is 0 Å². The molecule has 0 aliphatic heterocycles. The molecule has 1 saturated carbocycles. The van der Waals surface area contributed by atoms with E-state index >= 15 is 0 Å². The average molecular weight is 314 g/mol. The molecule has 0 saturated heterocycles. The lowest BCUT2D eigenvalue weighted by Crippen LogP contribution is -2.30. The second-order valence-electron chi connectivity index (χ2n) is 5.43. The Balaban J connectivity index is 2.06. The van der Waals surface area contributed by atoms with Gasteiger partial charge in [0.25, 0.3) is 5.91 Å². The van der Waals surface area contributed by atoms with Gasteiger partial charge in [0, 0.05) is 12.1 Å². The second-order valence-corrected chi connectivity index (χ2v) is 7.00. The lowest BCUT2D eigenvalue weighted by molar-refractivity contribution is 0.0943. The summed E-state index contributed by atoms with van der Waals surface area (Å²) < 4.78 is 35.9. The molecule has 7 heteroatoms. The molecule has 1 fully saturated rings. The minimum atomic E-state index is -4.04. The van der Waals surface area contributed by atoms with Crippen molar-refractivity contribution in [2.75, 3.05) is 6.54 Å². The molecule has 1 aliphatic carbocycles. The van der Waals surface area contributed by atoms with Gasteiger partial charge < -0.3 is 5.32 Å². The van der Waals surface area contributed by atoms with Gasteiger partial charge in [0.1, 0.15) is 5.82 Å². The number of rotatable bonds is 4. The molecular formula is C14H19FN2O3S. The molecule has 2 rings (SSSR count). The van der Waals surface area contributed by atoms with Crippen LogP contribution in [0.4, 0.5) is 4.39 Å². The van der Waals surface area contributed by atoms with Gasteiger partial charge in [-0.3, -0.25) is 4.79 Å². The minimum Gasteiger partial charge on any atom is -0.352 e. The summed E-state index contributed by atoms with van der Waals surface area (Å²) in [5, 5.41) is 7.69. The number of hydrogen-bond acceptors (Lipinski definition) is 3. The summed E-state index contributed by atoms with van der Waals surface area (Å²) in [6.07, 6.45) is 5.70. The van der Waals surface area contributed by atoms with E-state index in [1.54, 1.807) is 0 Å². The van der Waals surface area contributed by atoms with Crippen LogP contribution in [0, 0.1) is 11.7 Å². The average Bonchev–Trinajstić information content (AvgIpc) is 2.44. The van der Waals surface area contributed by atoms with Crippen LogP contribution in [-0.4, -0.2) is 20.9 Å². The summed E-state index contributed by atoms with van der Waals surface area (Å²) in [7, 11) is -4.04. The quantitative estimate of drug-likeness (QED) is 0.888. The third-order valence-electron chi connectivity index (χ3n) is 3.74. The Hall–Kier alpha value is -1.47. The number of primary sulfonamides is 1. The number of benzene rings is 1. The van der Waals surface area contributed by atoms with Gasteiger partial charge in [-0.2, -0.15) is 0 Å². The van der Waals surface area contributed by atoms with E-state index in [0.717, 1.165) is 43.9 Å². The number of hydrogen-bond donors (Lipinski definition) is 2. The molecule has 0 heterocycles. The highest BCUT2D eigenvalue weighted by molar-refractivity contribution is 7.89. The monoisotopic (exact) mass is 314 g/mol. The van der Waals surface area contributed by atoms with Crippen molar-refractivity contribution in [1.29, 1.82) is 0 Å². The van der Waals surface area contributed by atoms with Crippen molar-refractivity contribution >= 4 is 15.9 Å². The van der Waals surface area contributed by atoms with E-state index in [0.29, 0.717) is 12.5 Å². The van der Waals surface area contributed by atoms with E-state index in [1.165, 1.54) is 6.42 Å². The fraction of sp³-hybridized carbons (Fsp3) is 0.500. The fourth-order valence-electron chi connectivity index (χ4n) is 2.59. The van der Waals surface area contributed by atoms with Crippen LogP contribution in [0.1, 0.15) is 42.5 Å². The topological polar surface area (TPSA) is 89.3 Å². The van der Waals surface area contributed by atoms with Crippen LogP contribution in [0.25, 0.3) is 0 Å². The zero-order chi connectivity index (χ0) is 15.5. The van der Waals surface area contributed by atoms with Crippen LogP contribution in [0.3, 0.4) is 0 Å². The van der Waals surface area contributed by atoms with E-state index in [-0.39, 0.29) is 5.56 Å². The number of nitrogens with one attached hydrogen (secondary N) is 1. The first-order valence-corrected chi connectivity index (χ1v) is 8.52. The van der Waals surface area contributed by atoms with Crippen LogP contribution in [0.15, 0.2) is 23.1 Å². The molecule has 0 aromatic heterocycles. The third-order valence-corrected chi connectivity index (χ3v) is 4.63. The molecule has 1 aliphatic rings. The van der Waals surface area contributed by atoms with E-state index in [9.17, 15) is 17.6 Å². The Morgan fingerprint density at radius 3 is 2.52 bits per heavy atom. The first kappa shape index (κ1) is 15.9. The van der Waals surface area contributed by atoms with E-state index in [2.05, 4.69) is 5.32 Å². The third kappa shape index (κ3) is 4.50. The smallest absolute Gasteiger partial charge is 0.251 e. The van der Waals surface area contributed by atoms with Crippen LogP contribution in [-0.2, 0) is 10.0 Å². The van der Waals surface area contributed by atoms with Crippen molar-refractivity contribution in [3.05, 3.63) is 29.6 Å². The van der Waals surface area contributed by atoms with Crippen molar-refractivity contribution in [2.24, 2.45) is 11.1 Å². The van der Waals surface area contributed by atoms with Crippen molar-refractivity contribution < 1.29 is 17.6 Å². The van der Waals surface area contributed by atoms with Gasteiger partial charge in [-0.15, -0.1) is 0 Å². The maximum absolute atomic E-state index is 13.4. The second kappa shape index (κ2) is 6.53. The van der Waals surface area contributed by atoms with E-state index < -0.39 is 26.6 Å². The Morgan fingerprint density at radius 2 is 1.90 bits per heavy atom. The Bertz CT molecular complexity index is 625. The number of carbonyl (C=O) groups excluding carboxylic acids is 1. The van der Waals surface area contributed by atoms with E-state index in [4.69, 9.17) is 5.14 Å². The predicted octanol–water partition coefficient (Wildman–Crippen LogP) is 1.78. The predicted molar refractivity (Wildman–Crippen MR) is 76.7 cm³/mol. The van der Waals surface area contributed by atoms with Gasteiger partial charge in [0.2, 0.25) is 10.0 Å². The van der Waals surface area contributed by atoms with Crippen molar-refractivity contribution in [2.45, 2.75) is 37.0 Å². The Labute approximate surface area is 123 Å². The number of carbonyl (C=O) groups is 1. The zero-order valence-electron chi connectivity index (χ0n) is 11.6. The molecular weight excluding hydrogens is 295 g/mol. The highest BCUT2D eigenvalue weighted by Crippen LogP contribution is 2.23. The van der Waals surface area contributed by atoms with E-state index in [1.807, 2.05) is 0 Å². The number of amides is 1. The number of halogens is 1. The van der Waals surface area contributed by atoms with Gasteiger partial charge in [-0.1, -0.05) is 19.3 Å². The van der Waals surface area contributed by atoms with Gasteiger partial charge in [0.05, 0.1) is 4.90 Å². The van der Waals surface area contributed by atoms with Gasteiger partial charge in [-0.05, 0) is 37.0 Å². The highest BCUT2D eigenvalue weighted by atomic mass is 32.2. The van der Waals surface area contributed by atoms with Crippen LogP contribution in [0.5, 0.6) is 0 Å². The molecule has 0 spiro atoms. The molecule has 1 aromatic rings. The maximum Gasteiger partial charge on any atom is 0.251 e. The van der Waals surface area contributed by atoms with Crippen molar-refractivity contribution in [1.82, 2.24) is 5.32 Å².